The van der Waals surface area contributed by atoms with Gasteiger partial charge in [-0.25, -0.2) is 4.98 Å². The monoisotopic (exact) mass is 301 g/mol. The van der Waals surface area contributed by atoms with Gasteiger partial charge in [-0.15, -0.1) is 0 Å². The van der Waals surface area contributed by atoms with Crippen LogP contribution in [-0.2, 0) is 9.59 Å². The molecule has 0 unspecified atom stereocenters. The van der Waals surface area contributed by atoms with E-state index in [0.29, 0.717) is 12.4 Å². The molecule has 2 rings (SSSR count). The maximum atomic E-state index is 12.4. The molecule has 1 atom stereocenters. The molecule has 1 N–H and O–H groups in total. The summed E-state index contributed by atoms with van der Waals surface area (Å²) >= 11 is 0. The maximum Gasteiger partial charge on any atom is 0.246 e. The van der Waals surface area contributed by atoms with Crippen molar-refractivity contribution >= 4 is 17.6 Å². The van der Waals surface area contributed by atoms with Crippen molar-refractivity contribution in [2.24, 2.45) is 5.92 Å². The quantitative estimate of drug-likeness (QED) is 0.873. The Kier molecular flexibility index (Phi) is 5.31. The summed E-state index contributed by atoms with van der Waals surface area (Å²) in [6, 6.07) is 5.53. The minimum absolute atomic E-state index is 0.00817. The van der Waals surface area contributed by atoms with Crippen LogP contribution in [0.4, 0.5) is 5.82 Å². The third-order valence-corrected chi connectivity index (χ3v) is 3.66. The fourth-order valence-corrected chi connectivity index (χ4v) is 2.57. The van der Waals surface area contributed by atoms with Crippen LogP contribution in [0.2, 0.25) is 0 Å². The number of hydrogen-bond donors (Lipinski definition) is 1. The smallest absolute Gasteiger partial charge is 0.246 e. The van der Waals surface area contributed by atoms with E-state index in [4.69, 9.17) is 0 Å². The molecule has 0 radical (unpaired) electrons. The Hall–Kier alpha value is -2.17. The molecule has 0 spiro atoms. The second-order valence-corrected chi connectivity index (χ2v) is 6.00. The van der Waals surface area contributed by atoms with Gasteiger partial charge in [0.1, 0.15) is 5.82 Å². The van der Waals surface area contributed by atoms with E-state index < -0.39 is 0 Å². The first-order chi connectivity index (χ1) is 10.5. The SMILES string of the molecule is CC(C)=CC(=O)N1CCC[C@@H](C(=O)Nc2cccc(C)n2)C1. The number of piperidine rings is 1. The van der Waals surface area contributed by atoms with Crippen molar-refractivity contribution in [3.05, 3.63) is 35.5 Å². The van der Waals surface area contributed by atoms with Crippen molar-refractivity contribution in [1.29, 1.82) is 0 Å². The van der Waals surface area contributed by atoms with Gasteiger partial charge in [0.05, 0.1) is 5.92 Å². The van der Waals surface area contributed by atoms with Crippen molar-refractivity contribution in [2.45, 2.75) is 33.6 Å². The summed E-state index contributed by atoms with van der Waals surface area (Å²) in [6.45, 7) is 6.87. The second kappa shape index (κ2) is 7.20. The molecule has 0 saturated carbocycles. The summed E-state index contributed by atoms with van der Waals surface area (Å²) < 4.78 is 0. The summed E-state index contributed by atoms with van der Waals surface area (Å²) in [7, 11) is 0. The van der Waals surface area contributed by atoms with Crippen LogP contribution >= 0.6 is 0 Å². The molecule has 1 aromatic heterocycles. The molecule has 2 amide bonds. The number of rotatable bonds is 3. The molecule has 1 aliphatic rings. The van der Waals surface area contributed by atoms with Crippen LogP contribution in [0.3, 0.4) is 0 Å². The van der Waals surface area contributed by atoms with Crippen LogP contribution in [0.25, 0.3) is 0 Å². The summed E-state index contributed by atoms with van der Waals surface area (Å²) in [5.41, 5.74) is 1.84. The largest absolute Gasteiger partial charge is 0.338 e. The van der Waals surface area contributed by atoms with Crippen LogP contribution in [0, 0.1) is 12.8 Å². The highest BCUT2D eigenvalue weighted by Gasteiger charge is 2.27. The van der Waals surface area contributed by atoms with Crippen molar-refractivity contribution in [3.8, 4) is 0 Å². The normalized spacial score (nSPS) is 17.8. The number of nitrogens with zero attached hydrogens (tertiary/aromatic N) is 2. The zero-order chi connectivity index (χ0) is 16.1. The average molecular weight is 301 g/mol. The molecule has 5 heteroatoms. The average Bonchev–Trinajstić information content (AvgIpc) is 2.46. The fourth-order valence-electron chi connectivity index (χ4n) is 2.57. The van der Waals surface area contributed by atoms with Gasteiger partial charge in [0.2, 0.25) is 11.8 Å². The number of pyridine rings is 1. The van der Waals surface area contributed by atoms with E-state index in [0.717, 1.165) is 30.7 Å². The predicted molar refractivity (Wildman–Crippen MR) is 86.3 cm³/mol. The van der Waals surface area contributed by atoms with E-state index in [1.807, 2.05) is 32.9 Å². The summed E-state index contributed by atoms with van der Waals surface area (Å²) in [5, 5.41) is 2.85. The standard InChI is InChI=1S/C17H23N3O2/c1-12(2)10-16(21)20-9-5-7-14(11-20)17(22)19-15-8-4-6-13(3)18-15/h4,6,8,10,14H,5,7,9,11H2,1-3H3,(H,18,19,22)/t14-/m1/s1. The predicted octanol–water partition coefficient (Wildman–Crippen LogP) is 2.53. The molecule has 1 saturated heterocycles. The Morgan fingerprint density at radius 2 is 2.14 bits per heavy atom. The zero-order valence-corrected chi connectivity index (χ0v) is 13.4. The molecule has 1 aromatic rings. The summed E-state index contributed by atoms with van der Waals surface area (Å²) in [4.78, 5) is 30.5. The number of likely N-dealkylation sites (tertiary alicyclic amines) is 1. The molecular weight excluding hydrogens is 278 g/mol. The van der Waals surface area contributed by atoms with Crippen LogP contribution < -0.4 is 5.32 Å². The number of aryl methyl sites for hydroxylation is 1. The first-order valence-electron chi connectivity index (χ1n) is 7.64. The Morgan fingerprint density at radius 1 is 1.36 bits per heavy atom. The van der Waals surface area contributed by atoms with Crippen LogP contribution in [-0.4, -0.2) is 34.8 Å². The molecule has 2 heterocycles. The van der Waals surface area contributed by atoms with Crippen molar-refractivity contribution < 1.29 is 9.59 Å². The highest BCUT2D eigenvalue weighted by atomic mass is 16.2. The lowest BCUT2D eigenvalue weighted by atomic mass is 9.97. The molecule has 1 aliphatic heterocycles. The highest BCUT2D eigenvalue weighted by molar-refractivity contribution is 5.93. The van der Waals surface area contributed by atoms with Crippen LogP contribution in [0.5, 0.6) is 0 Å². The molecule has 1 fully saturated rings. The Morgan fingerprint density at radius 3 is 2.82 bits per heavy atom. The van der Waals surface area contributed by atoms with Crippen molar-refractivity contribution in [1.82, 2.24) is 9.88 Å². The van der Waals surface area contributed by atoms with E-state index in [1.54, 1.807) is 17.0 Å². The number of anilines is 1. The van der Waals surface area contributed by atoms with E-state index >= 15 is 0 Å². The second-order valence-electron chi connectivity index (χ2n) is 6.00. The van der Waals surface area contributed by atoms with Gasteiger partial charge in [-0.2, -0.15) is 0 Å². The van der Waals surface area contributed by atoms with Gasteiger partial charge in [0, 0.05) is 24.9 Å². The molecule has 0 aliphatic carbocycles. The maximum absolute atomic E-state index is 12.4. The van der Waals surface area contributed by atoms with Crippen molar-refractivity contribution in [3.63, 3.8) is 0 Å². The Labute approximate surface area is 131 Å². The van der Waals surface area contributed by atoms with Gasteiger partial charge in [0.25, 0.3) is 0 Å². The summed E-state index contributed by atoms with van der Waals surface area (Å²) in [5.74, 6) is 0.322. The first kappa shape index (κ1) is 16.2. The minimum Gasteiger partial charge on any atom is -0.338 e. The van der Waals surface area contributed by atoms with E-state index in [-0.39, 0.29) is 17.7 Å². The minimum atomic E-state index is -0.175. The third-order valence-electron chi connectivity index (χ3n) is 3.66. The van der Waals surface area contributed by atoms with Crippen LogP contribution in [0.1, 0.15) is 32.4 Å². The zero-order valence-electron chi connectivity index (χ0n) is 13.4. The van der Waals surface area contributed by atoms with Gasteiger partial charge in [-0.1, -0.05) is 11.6 Å². The number of hydrogen-bond acceptors (Lipinski definition) is 3. The van der Waals surface area contributed by atoms with E-state index in [2.05, 4.69) is 10.3 Å². The molecular formula is C17H23N3O2. The van der Waals surface area contributed by atoms with E-state index in [1.165, 1.54) is 0 Å². The van der Waals surface area contributed by atoms with Crippen molar-refractivity contribution in [2.75, 3.05) is 18.4 Å². The lowest BCUT2D eigenvalue weighted by molar-refractivity contribution is -0.130. The highest BCUT2D eigenvalue weighted by Crippen LogP contribution is 2.19. The molecule has 0 bridgehead atoms. The fraction of sp³-hybridized carbons (Fsp3) is 0.471. The number of nitrogens with one attached hydrogen (secondary N) is 1. The molecule has 0 aromatic carbocycles. The van der Waals surface area contributed by atoms with E-state index in [9.17, 15) is 9.59 Å². The third kappa shape index (κ3) is 4.41. The van der Waals surface area contributed by atoms with Gasteiger partial charge in [-0.05, 0) is 45.7 Å². The Bertz CT molecular complexity index is 591. The van der Waals surface area contributed by atoms with Gasteiger partial charge < -0.3 is 10.2 Å². The first-order valence-corrected chi connectivity index (χ1v) is 7.64. The lowest BCUT2D eigenvalue weighted by Gasteiger charge is -2.31. The number of carbonyl (C=O) groups excluding carboxylic acids is 2. The number of carbonyl (C=O) groups is 2. The lowest BCUT2D eigenvalue weighted by Crippen LogP contribution is -2.43. The van der Waals surface area contributed by atoms with Crippen LogP contribution in [0.15, 0.2) is 29.8 Å². The summed E-state index contributed by atoms with van der Waals surface area (Å²) in [6.07, 6.45) is 3.28. The topological polar surface area (TPSA) is 62.3 Å². The number of allylic oxidation sites excluding steroid dienone is 1. The molecule has 22 heavy (non-hydrogen) atoms. The van der Waals surface area contributed by atoms with Gasteiger partial charge >= 0.3 is 0 Å². The molecule has 5 nitrogen and oxygen atoms in total. The number of amides is 2. The van der Waals surface area contributed by atoms with Gasteiger partial charge in [0.15, 0.2) is 0 Å². The van der Waals surface area contributed by atoms with Gasteiger partial charge in [-0.3, -0.25) is 9.59 Å². The number of aromatic nitrogens is 1. The molecule has 118 valence electrons. The Balaban J connectivity index is 1.98.